The van der Waals surface area contributed by atoms with E-state index in [0.29, 0.717) is 19.1 Å². The first-order valence-corrected chi connectivity index (χ1v) is 7.40. The van der Waals surface area contributed by atoms with Gasteiger partial charge in [-0.05, 0) is 50.9 Å². The minimum absolute atomic E-state index is 0.174. The Morgan fingerprint density at radius 2 is 2.25 bits per heavy atom. The number of carbonyl (C=O) groups is 1. The van der Waals surface area contributed by atoms with Crippen molar-refractivity contribution >= 4 is 5.91 Å². The number of likely N-dealkylation sites (N-methyl/N-ethyl adjacent to an activating group) is 1. The van der Waals surface area contributed by atoms with Crippen LogP contribution in [-0.4, -0.2) is 36.5 Å². The molecule has 110 valence electrons. The topological polar surface area (TPSA) is 32.3 Å². The minimum Gasteiger partial charge on any atom is -0.337 e. The van der Waals surface area contributed by atoms with E-state index in [4.69, 9.17) is 0 Å². The average Bonchev–Trinajstić information content (AvgIpc) is 2.45. The van der Waals surface area contributed by atoms with Gasteiger partial charge in [0, 0.05) is 19.1 Å². The fourth-order valence-corrected chi connectivity index (χ4v) is 2.67. The number of piperidine rings is 1. The van der Waals surface area contributed by atoms with Crippen LogP contribution >= 0.6 is 0 Å². The molecule has 1 unspecified atom stereocenters. The Morgan fingerprint density at radius 1 is 1.45 bits per heavy atom. The Morgan fingerprint density at radius 3 is 2.85 bits per heavy atom. The third-order valence-corrected chi connectivity index (χ3v) is 3.88. The van der Waals surface area contributed by atoms with E-state index in [0.717, 1.165) is 18.5 Å². The number of benzene rings is 1. The lowest BCUT2D eigenvalue weighted by atomic mass is 10.0. The van der Waals surface area contributed by atoms with Crippen molar-refractivity contribution in [3.05, 3.63) is 35.1 Å². The molecule has 0 radical (unpaired) electrons. The highest BCUT2D eigenvalue weighted by atomic mass is 19.1. The molecule has 1 aromatic rings. The Bertz CT molecular complexity index is 470. The summed E-state index contributed by atoms with van der Waals surface area (Å²) >= 11 is 0. The summed E-state index contributed by atoms with van der Waals surface area (Å²) in [6.07, 6.45) is 3.48. The first-order valence-electron chi connectivity index (χ1n) is 7.40. The standard InChI is InChI=1S/C16H23FN2O/c1-3-19(11-13-6-4-5-9-18-13)16(20)14-8-7-12(2)10-15(14)17/h7-8,10,13,18H,3-6,9,11H2,1-2H3. The summed E-state index contributed by atoms with van der Waals surface area (Å²) in [5.74, 6) is -0.637. The number of carbonyl (C=O) groups excluding carboxylic acids is 1. The van der Waals surface area contributed by atoms with Crippen LogP contribution in [-0.2, 0) is 0 Å². The number of rotatable bonds is 4. The molecular formula is C16H23FN2O. The molecule has 3 nitrogen and oxygen atoms in total. The van der Waals surface area contributed by atoms with Gasteiger partial charge in [0.05, 0.1) is 5.56 Å². The normalized spacial score (nSPS) is 18.9. The number of hydrogen-bond donors (Lipinski definition) is 1. The Labute approximate surface area is 120 Å². The van der Waals surface area contributed by atoms with Crippen LogP contribution in [0.3, 0.4) is 0 Å². The molecule has 1 saturated heterocycles. The molecule has 0 bridgehead atoms. The van der Waals surface area contributed by atoms with Gasteiger partial charge in [-0.15, -0.1) is 0 Å². The van der Waals surface area contributed by atoms with Gasteiger partial charge in [-0.25, -0.2) is 4.39 Å². The summed E-state index contributed by atoms with van der Waals surface area (Å²) in [4.78, 5) is 14.2. The molecule has 1 N–H and O–H groups in total. The van der Waals surface area contributed by atoms with E-state index in [1.165, 1.54) is 18.9 Å². The average molecular weight is 278 g/mol. The number of hydrogen-bond acceptors (Lipinski definition) is 2. The van der Waals surface area contributed by atoms with E-state index in [2.05, 4.69) is 5.32 Å². The Balaban J connectivity index is 2.07. The summed E-state index contributed by atoms with van der Waals surface area (Å²) in [7, 11) is 0. The molecule has 1 atom stereocenters. The van der Waals surface area contributed by atoms with Crippen LogP contribution < -0.4 is 5.32 Å². The fourth-order valence-electron chi connectivity index (χ4n) is 2.67. The second-order valence-corrected chi connectivity index (χ2v) is 5.47. The van der Waals surface area contributed by atoms with Crippen LogP contribution in [0.25, 0.3) is 0 Å². The van der Waals surface area contributed by atoms with Crippen LogP contribution in [0.15, 0.2) is 18.2 Å². The second-order valence-electron chi connectivity index (χ2n) is 5.47. The highest BCUT2D eigenvalue weighted by Crippen LogP contribution is 2.15. The lowest BCUT2D eigenvalue weighted by Crippen LogP contribution is -2.45. The molecule has 0 spiro atoms. The maximum atomic E-state index is 13.9. The zero-order valence-electron chi connectivity index (χ0n) is 12.3. The maximum absolute atomic E-state index is 13.9. The van der Waals surface area contributed by atoms with Gasteiger partial charge >= 0.3 is 0 Å². The van der Waals surface area contributed by atoms with E-state index in [1.807, 2.05) is 13.8 Å². The largest absolute Gasteiger partial charge is 0.337 e. The molecular weight excluding hydrogens is 255 g/mol. The van der Waals surface area contributed by atoms with Crippen LogP contribution in [0.5, 0.6) is 0 Å². The first-order chi connectivity index (χ1) is 9.61. The number of amides is 1. The van der Waals surface area contributed by atoms with Crippen molar-refractivity contribution in [3.8, 4) is 0 Å². The molecule has 1 amide bonds. The van der Waals surface area contributed by atoms with Crippen molar-refractivity contribution in [1.82, 2.24) is 10.2 Å². The molecule has 2 rings (SSSR count). The summed E-state index contributed by atoms with van der Waals surface area (Å²) in [6, 6.07) is 5.12. The zero-order chi connectivity index (χ0) is 14.5. The maximum Gasteiger partial charge on any atom is 0.256 e. The third kappa shape index (κ3) is 3.57. The van der Waals surface area contributed by atoms with E-state index >= 15 is 0 Å². The van der Waals surface area contributed by atoms with Crippen molar-refractivity contribution in [2.45, 2.75) is 39.2 Å². The van der Waals surface area contributed by atoms with Crippen LogP contribution in [0.2, 0.25) is 0 Å². The number of aryl methyl sites for hydroxylation is 1. The van der Waals surface area contributed by atoms with E-state index in [1.54, 1.807) is 17.0 Å². The van der Waals surface area contributed by atoms with Crippen molar-refractivity contribution < 1.29 is 9.18 Å². The van der Waals surface area contributed by atoms with Crippen LogP contribution in [0.1, 0.15) is 42.1 Å². The van der Waals surface area contributed by atoms with Gasteiger partial charge in [0.2, 0.25) is 0 Å². The molecule has 1 aliphatic heterocycles. The minimum atomic E-state index is -0.426. The lowest BCUT2D eigenvalue weighted by molar-refractivity contribution is 0.0737. The van der Waals surface area contributed by atoms with Gasteiger partial charge in [0.1, 0.15) is 5.82 Å². The van der Waals surface area contributed by atoms with Gasteiger partial charge in [0.25, 0.3) is 5.91 Å². The number of nitrogens with zero attached hydrogens (tertiary/aromatic N) is 1. The molecule has 1 aromatic carbocycles. The van der Waals surface area contributed by atoms with Gasteiger partial charge < -0.3 is 10.2 Å². The predicted molar refractivity (Wildman–Crippen MR) is 78.4 cm³/mol. The Kier molecular flexibility index (Phi) is 5.12. The smallest absolute Gasteiger partial charge is 0.256 e. The van der Waals surface area contributed by atoms with Gasteiger partial charge in [-0.2, -0.15) is 0 Å². The van der Waals surface area contributed by atoms with Crippen molar-refractivity contribution in [1.29, 1.82) is 0 Å². The van der Waals surface area contributed by atoms with E-state index < -0.39 is 5.82 Å². The number of nitrogens with one attached hydrogen (secondary N) is 1. The molecule has 0 aliphatic carbocycles. The zero-order valence-corrected chi connectivity index (χ0v) is 12.3. The SMILES string of the molecule is CCN(CC1CCCCN1)C(=O)c1ccc(C)cc1F. The number of halogens is 1. The van der Waals surface area contributed by atoms with Crippen molar-refractivity contribution in [2.75, 3.05) is 19.6 Å². The van der Waals surface area contributed by atoms with E-state index in [-0.39, 0.29) is 11.5 Å². The quantitative estimate of drug-likeness (QED) is 0.918. The predicted octanol–water partition coefficient (Wildman–Crippen LogP) is 2.74. The second kappa shape index (κ2) is 6.84. The van der Waals surface area contributed by atoms with Crippen LogP contribution in [0, 0.1) is 12.7 Å². The molecule has 1 aliphatic rings. The fraction of sp³-hybridized carbons (Fsp3) is 0.562. The Hall–Kier alpha value is -1.42. The molecule has 1 heterocycles. The van der Waals surface area contributed by atoms with Crippen molar-refractivity contribution in [2.24, 2.45) is 0 Å². The summed E-state index contributed by atoms with van der Waals surface area (Å²) in [5.41, 5.74) is 1.00. The summed E-state index contributed by atoms with van der Waals surface area (Å²) in [5, 5.41) is 3.43. The third-order valence-electron chi connectivity index (χ3n) is 3.88. The molecule has 20 heavy (non-hydrogen) atoms. The van der Waals surface area contributed by atoms with Crippen molar-refractivity contribution in [3.63, 3.8) is 0 Å². The van der Waals surface area contributed by atoms with Gasteiger partial charge in [0.15, 0.2) is 0 Å². The molecule has 0 aromatic heterocycles. The highest BCUT2D eigenvalue weighted by molar-refractivity contribution is 5.94. The highest BCUT2D eigenvalue weighted by Gasteiger charge is 2.22. The summed E-state index contributed by atoms with van der Waals surface area (Å²) in [6.45, 7) is 6.02. The van der Waals surface area contributed by atoms with Gasteiger partial charge in [-0.1, -0.05) is 12.5 Å². The van der Waals surface area contributed by atoms with Gasteiger partial charge in [-0.3, -0.25) is 4.79 Å². The molecule has 4 heteroatoms. The van der Waals surface area contributed by atoms with Crippen LogP contribution in [0.4, 0.5) is 4.39 Å². The van der Waals surface area contributed by atoms with E-state index in [9.17, 15) is 9.18 Å². The summed E-state index contributed by atoms with van der Waals surface area (Å²) < 4.78 is 13.9. The first kappa shape index (κ1) is 15.0. The molecule has 1 fully saturated rings. The monoisotopic (exact) mass is 278 g/mol. The molecule has 0 saturated carbocycles. The lowest BCUT2D eigenvalue weighted by Gasteiger charge is -2.30.